The maximum atomic E-state index is 11.3. The Morgan fingerprint density at radius 1 is 1.71 bits per heavy atom. The third-order valence-corrected chi connectivity index (χ3v) is 1.82. The van der Waals surface area contributed by atoms with Gasteiger partial charge in [0.05, 0.1) is 0 Å². The van der Waals surface area contributed by atoms with E-state index in [0.717, 1.165) is 0 Å². The van der Waals surface area contributed by atoms with Gasteiger partial charge in [0, 0.05) is 19.2 Å². The lowest BCUT2D eigenvalue weighted by Gasteiger charge is -2.15. The molecule has 0 aromatic heterocycles. The summed E-state index contributed by atoms with van der Waals surface area (Å²) in [7, 11) is 0. The summed E-state index contributed by atoms with van der Waals surface area (Å²) in [5, 5.41) is 0. The molecule has 1 heterocycles. The molecule has 0 spiro atoms. The summed E-state index contributed by atoms with van der Waals surface area (Å²) in [5.41, 5.74) is 0. The minimum absolute atomic E-state index is 0.0454. The number of nitrogens with zero attached hydrogens (tertiary/aromatic N) is 1. The highest BCUT2D eigenvalue weighted by Crippen LogP contribution is 2.05. The van der Waals surface area contributed by atoms with Gasteiger partial charge in [-0.15, -0.1) is 0 Å². The summed E-state index contributed by atoms with van der Waals surface area (Å²) < 4.78 is 4.83. The van der Waals surface area contributed by atoms with E-state index in [1.54, 1.807) is 0 Å². The van der Waals surface area contributed by atoms with Crippen molar-refractivity contribution < 1.29 is 14.3 Å². The molecular weight excluding hydrogens is 182 g/mol. The van der Waals surface area contributed by atoms with Gasteiger partial charge in [-0.3, -0.25) is 9.69 Å². The van der Waals surface area contributed by atoms with E-state index in [-0.39, 0.29) is 12.4 Å². The Hall–Kier alpha value is -1.58. The normalized spacial score (nSPS) is 16.3. The largest absolute Gasteiger partial charge is 0.445 e. The number of carbonyl (C=O) groups is 2. The molecule has 0 aromatic carbocycles. The lowest BCUT2D eigenvalue weighted by molar-refractivity contribution is -0.114. The molecule has 0 aliphatic carbocycles. The summed E-state index contributed by atoms with van der Waals surface area (Å²) in [6.45, 7) is 4.16. The molecule has 1 rings (SSSR count). The van der Waals surface area contributed by atoms with Crippen LogP contribution in [0.25, 0.3) is 0 Å². The molecule has 1 aliphatic heterocycles. The highest BCUT2D eigenvalue weighted by atomic mass is 16.6. The summed E-state index contributed by atoms with van der Waals surface area (Å²) >= 11 is 0. The van der Waals surface area contributed by atoms with Gasteiger partial charge >= 0.3 is 6.09 Å². The number of ketones is 1. The number of carbonyl (C=O) groups excluding carboxylic acids is 2. The number of hydrogen-bond donors (Lipinski definition) is 0. The third kappa shape index (κ3) is 3.05. The van der Waals surface area contributed by atoms with Crippen LogP contribution in [-0.4, -0.2) is 29.9 Å². The quantitative estimate of drug-likeness (QED) is 0.627. The second kappa shape index (κ2) is 5.21. The predicted octanol–water partition coefficient (Wildman–Crippen LogP) is 1.49. The first-order valence-electron chi connectivity index (χ1n) is 4.49. The maximum absolute atomic E-state index is 11.3. The van der Waals surface area contributed by atoms with Crippen molar-refractivity contribution >= 4 is 11.9 Å². The maximum Gasteiger partial charge on any atom is 0.414 e. The molecular formula is C10H13NO3. The van der Waals surface area contributed by atoms with Crippen molar-refractivity contribution in [2.45, 2.75) is 12.8 Å². The first kappa shape index (κ1) is 10.5. The van der Waals surface area contributed by atoms with Gasteiger partial charge < -0.3 is 4.74 Å². The van der Waals surface area contributed by atoms with E-state index in [1.807, 2.05) is 0 Å². The Balaban J connectivity index is 2.50. The molecule has 14 heavy (non-hydrogen) atoms. The minimum atomic E-state index is -0.434. The van der Waals surface area contributed by atoms with Crippen LogP contribution in [0.2, 0.25) is 0 Å². The zero-order chi connectivity index (χ0) is 10.4. The zero-order valence-corrected chi connectivity index (χ0v) is 7.94. The summed E-state index contributed by atoms with van der Waals surface area (Å²) in [5.74, 6) is 0.0454. The highest BCUT2D eigenvalue weighted by Gasteiger charge is 2.14. The Bertz CT molecular complexity index is 271. The molecule has 4 heteroatoms. The summed E-state index contributed by atoms with van der Waals surface area (Å²) in [6, 6.07) is 0. The molecule has 1 amide bonds. The molecule has 0 fully saturated rings. The van der Waals surface area contributed by atoms with Crippen molar-refractivity contribution in [3.8, 4) is 0 Å². The minimum Gasteiger partial charge on any atom is -0.445 e. The zero-order valence-electron chi connectivity index (χ0n) is 7.94. The fourth-order valence-electron chi connectivity index (χ4n) is 1.12. The highest BCUT2D eigenvalue weighted by molar-refractivity contribution is 5.90. The number of amides is 1. The van der Waals surface area contributed by atoms with Crippen molar-refractivity contribution in [1.82, 2.24) is 4.90 Å². The fourth-order valence-corrected chi connectivity index (χ4v) is 1.12. The number of hydrogen-bond acceptors (Lipinski definition) is 3. The van der Waals surface area contributed by atoms with E-state index in [4.69, 9.17) is 4.74 Å². The Kier molecular flexibility index (Phi) is 3.91. The van der Waals surface area contributed by atoms with Gasteiger partial charge in [0.1, 0.15) is 6.61 Å². The Morgan fingerprint density at radius 3 is 3.21 bits per heavy atom. The van der Waals surface area contributed by atoms with Gasteiger partial charge in [0.25, 0.3) is 0 Å². The number of allylic oxidation sites excluding steroid dienone is 1. The SMILES string of the molecule is C=CCOC(=O)N1C=CC(=O)CCC1. The van der Waals surface area contributed by atoms with E-state index in [2.05, 4.69) is 6.58 Å². The molecule has 0 atom stereocenters. The first-order chi connectivity index (χ1) is 6.74. The fraction of sp³-hybridized carbons (Fsp3) is 0.400. The Labute approximate surface area is 82.8 Å². The molecule has 0 aromatic rings. The Morgan fingerprint density at radius 2 is 2.50 bits per heavy atom. The van der Waals surface area contributed by atoms with Crippen molar-refractivity contribution in [3.05, 3.63) is 24.9 Å². The molecule has 0 N–H and O–H groups in total. The summed E-state index contributed by atoms with van der Waals surface area (Å²) in [6.07, 6.45) is 5.11. The van der Waals surface area contributed by atoms with E-state index in [9.17, 15) is 9.59 Å². The van der Waals surface area contributed by atoms with Gasteiger partial charge in [-0.2, -0.15) is 0 Å². The van der Waals surface area contributed by atoms with Gasteiger partial charge in [-0.1, -0.05) is 12.7 Å². The van der Waals surface area contributed by atoms with Gasteiger partial charge in [0.15, 0.2) is 5.78 Å². The second-order valence-corrected chi connectivity index (χ2v) is 2.94. The van der Waals surface area contributed by atoms with Gasteiger partial charge in [-0.05, 0) is 12.5 Å². The second-order valence-electron chi connectivity index (χ2n) is 2.94. The monoisotopic (exact) mass is 195 g/mol. The van der Waals surface area contributed by atoms with Crippen molar-refractivity contribution in [2.75, 3.05) is 13.2 Å². The molecule has 0 saturated carbocycles. The average Bonchev–Trinajstić information content (AvgIpc) is 2.39. The lowest BCUT2D eigenvalue weighted by atomic mass is 10.2. The lowest BCUT2D eigenvalue weighted by Crippen LogP contribution is -2.26. The van der Waals surface area contributed by atoms with Crippen molar-refractivity contribution in [3.63, 3.8) is 0 Å². The molecule has 0 bridgehead atoms. The van der Waals surface area contributed by atoms with Gasteiger partial charge in [-0.25, -0.2) is 4.79 Å². The van der Waals surface area contributed by atoms with Crippen LogP contribution in [0, 0.1) is 0 Å². The van der Waals surface area contributed by atoms with Crippen LogP contribution >= 0.6 is 0 Å². The van der Waals surface area contributed by atoms with Crippen LogP contribution in [-0.2, 0) is 9.53 Å². The van der Waals surface area contributed by atoms with E-state index in [0.29, 0.717) is 19.4 Å². The number of ether oxygens (including phenoxy) is 1. The number of rotatable bonds is 2. The molecule has 0 radical (unpaired) electrons. The first-order valence-corrected chi connectivity index (χ1v) is 4.49. The van der Waals surface area contributed by atoms with Crippen LogP contribution in [0.1, 0.15) is 12.8 Å². The van der Waals surface area contributed by atoms with Crippen molar-refractivity contribution in [2.24, 2.45) is 0 Å². The molecule has 4 nitrogen and oxygen atoms in total. The summed E-state index contributed by atoms with van der Waals surface area (Å²) in [4.78, 5) is 23.7. The molecule has 1 aliphatic rings. The van der Waals surface area contributed by atoms with E-state index < -0.39 is 6.09 Å². The van der Waals surface area contributed by atoms with Crippen molar-refractivity contribution in [1.29, 1.82) is 0 Å². The van der Waals surface area contributed by atoms with Crippen LogP contribution in [0.4, 0.5) is 4.79 Å². The molecule has 0 saturated heterocycles. The molecule has 0 unspecified atom stereocenters. The smallest absolute Gasteiger partial charge is 0.414 e. The van der Waals surface area contributed by atoms with Crippen LogP contribution in [0.15, 0.2) is 24.9 Å². The third-order valence-electron chi connectivity index (χ3n) is 1.82. The van der Waals surface area contributed by atoms with Crippen LogP contribution in [0.3, 0.4) is 0 Å². The topological polar surface area (TPSA) is 46.6 Å². The average molecular weight is 195 g/mol. The van der Waals surface area contributed by atoms with E-state index >= 15 is 0 Å². The van der Waals surface area contributed by atoms with Gasteiger partial charge in [0.2, 0.25) is 0 Å². The molecule has 76 valence electrons. The van der Waals surface area contributed by atoms with E-state index in [1.165, 1.54) is 23.3 Å². The van der Waals surface area contributed by atoms with Crippen LogP contribution < -0.4 is 0 Å². The predicted molar refractivity (Wildman–Crippen MR) is 51.6 cm³/mol. The standard InChI is InChI=1S/C10H13NO3/c1-2-8-14-10(13)11-6-3-4-9(12)5-7-11/h2,5,7H,1,3-4,6,8H2. The van der Waals surface area contributed by atoms with Crippen LogP contribution in [0.5, 0.6) is 0 Å².